The van der Waals surface area contributed by atoms with Gasteiger partial charge in [-0.3, -0.25) is 0 Å². The zero-order valence-corrected chi connectivity index (χ0v) is 15.9. The quantitative estimate of drug-likeness (QED) is 0.543. The van der Waals surface area contributed by atoms with E-state index in [1.165, 1.54) is 11.8 Å². The molecule has 23 heavy (non-hydrogen) atoms. The van der Waals surface area contributed by atoms with E-state index in [-0.39, 0.29) is 11.3 Å². The number of thioether (sulfide) groups is 1. The highest BCUT2D eigenvalue weighted by atomic mass is 35.5. The first-order chi connectivity index (χ1) is 10.7. The van der Waals surface area contributed by atoms with E-state index in [4.69, 9.17) is 11.6 Å². The van der Waals surface area contributed by atoms with E-state index < -0.39 is 14.4 Å². The summed E-state index contributed by atoms with van der Waals surface area (Å²) >= 11 is 7.24. The van der Waals surface area contributed by atoms with E-state index in [1.54, 1.807) is 12.1 Å². The van der Waals surface area contributed by atoms with Crippen LogP contribution in [-0.2, 0) is 15.3 Å². The van der Waals surface area contributed by atoms with Crippen LogP contribution in [0, 0.1) is 0 Å². The molecule has 1 unspecified atom stereocenters. The Labute approximate surface area is 148 Å². The van der Waals surface area contributed by atoms with Gasteiger partial charge in [0.1, 0.15) is 4.58 Å². The van der Waals surface area contributed by atoms with E-state index in [1.807, 2.05) is 42.5 Å². The first-order valence-corrected chi connectivity index (χ1v) is 10.3. The molecule has 0 fully saturated rings. The second-order valence-electron chi connectivity index (χ2n) is 6.33. The van der Waals surface area contributed by atoms with Crippen molar-refractivity contribution < 1.29 is 8.42 Å². The molecule has 2 nitrogen and oxygen atoms in total. The third-order valence-electron chi connectivity index (χ3n) is 3.53. The van der Waals surface area contributed by atoms with Crippen molar-refractivity contribution in [2.75, 3.05) is 5.88 Å². The molecule has 5 heteroatoms. The zero-order chi connectivity index (χ0) is 17.1. The van der Waals surface area contributed by atoms with Crippen molar-refractivity contribution in [3.63, 3.8) is 0 Å². The number of halogens is 1. The van der Waals surface area contributed by atoms with Gasteiger partial charge in [-0.2, -0.15) is 0 Å². The van der Waals surface area contributed by atoms with Crippen LogP contribution in [0.2, 0.25) is 0 Å². The summed E-state index contributed by atoms with van der Waals surface area (Å²) in [4.78, 5) is 1.22. The Morgan fingerprint density at radius 1 is 1.00 bits per heavy atom. The van der Waals surface area contributed by atoms with Gasteiger partial charge in [0.15, 0.2) is 9.84 Å². The van der Waals surface area contributed by atoms with Crippen LogP contribution in [0.4, 0.5) is 0 Å². The van der Waals surface area contributed by atoms with E-state index in [0.717, 1.165) is 10.5 Å². The lowest BCUT2D eigenvalue weighted by Gasteiger charge is -2.20. The van der Waals surface area contributed by atoms with Crippen LogP contribution in [-0.4, -0.2) is 18.9 Å². The van der Waals surface area contributed by atoms with Crippen molar-refractivity contribution in [2.45, 2.75) is 40.6 Å². The van der Waals surface area contributed by atoms with Crippen LogP contribution in [0.5, 0.6) is 0 Å². The highest BCUT2D eigenvalue weighted by Gasteiger charge is 2.28. The lowest BCUT2D eigenvalue weighted by Crippen LogP contribution is -2.20. The molecule has 0 aromatic heterocycles. The van der Waals surface area contributed by atoms with Crippen molar-refractivity contribution in [2.24, 2.45) is 0 Å². The summed E-state index contributed by atoms with van der Waals surface area (Å²) in [7, 11) is -3.48. The van der Waals surface area contributed by atoms with Gasteiger partial charge in [0.05, 0.1) is 4.90 Å². The Morgan fingerprint density at radius 2 is 1.57 bits per heavy atom. The molecular weight excluding hydrogens is 348 g/mol. The molecule has 0 radical (unpaired) electrons. The summed E-state index contributed by atoms with van der Waals surface area (Å²) in [5.74, 6) is 0.0446. The molecule has 2 aromatic carbocycles. The number of sulfone groups is 1. The first kappa shape index (κ1) is 18.4. The molecule has 0 amide bonds. The maximum Gasteiger partial charge on any atom is 0.192 e. The SMILES string of the molecule is CC(C)(C)c1ccc(S(=O)(=O)C(CCl)Sc2ccccc2)cc1. The molecule has 2 rings (SSSR count). The summed E-state index contributed by atoms with van der Waals surface area (Å²) in [6.45, 7) is 6.30. The van der Waals surface area contributed by atoms with Crippen LogP contribution < -0.4 is 0 Å². The minimum absolute atomic E-state index is 0.00698. The Morgan fingerprint density at radius 3 is 2.04 bits per heavy atom. The number of benzene rings is 2. The lowest BCUT2D eigenvalue weighted by molar-refractivity contribution is 0.586. The van der Waals surface area contributed by atoms with Gasteiger partial charge in [-0.15, -0.1) is 23.4 Å². The largest absolute Gasteiger partial charge is 0.222 e. The monoisotopic (exact) mass is 368 g/mol. The molecule has 0 saturated heterocycles. The molecule has 0 aliphatic carbocycles. The average Bonchev–Trinajstić information content (AvgIpc) is 2.52. The van der Waals surface area contributed by atoms with Gasteiger partial charge in [-0.05, 0) is 35.2 Å². The van der Waals surface area contributed by atoms with E-state index in [0.29, 0.717) is 4.90 Å². The number of rotatable bonds is 5. The maximum absolute atomic E-state index is 12.8. The highest BCUT2D eigenvalue weighted by molar-refractivity contribution is 8.13. The van der Waals surface area contributed by atoms with Crippen molar-refractivity contribution in [3.05, 3.63) is 60.2 Å². The fraction of sp³-hybridized carbons (Fsp3) is 0.333. The summed E-state index contributed by atoms with van der Waals surface area (Å²) in [6, 6.07) is 16.6. The molecule has 0 bridgehead atoms. The standard InChI is InChI=1S/C18H21ClO2S2/c1-18(2,3)14-9-11-16(12-10-14)23(20,21)17(13-19)22-15-7-5-4-6-8-15/h4-12,17H,13H2,1-3H3. The summed E-state index contributed by atoms with van der Waals surface area (Å²) in [6.07, 6.45) is 0. The van der Waals surface area contributed by atoms with Gasteiger partial charge in [0.25, 0.3) is 0 Å². The fourth-order valence-electron chi connectivity index (χ4n) is 2.13. The molecule has 0 spiro atoms. The smallest absolute Gasteiger partial charge is 0.192 e. The summed E-state index contributed by atoms with van der Waals surface area (Å²) in [5.41, 5.74) is 1.10. The number of hydrogen-bond donors (Lipinski definition) is 0. The Balaban J connectivity index is 2.28. The second kappa shape index (κ2) is 7.29. The van der Waals surface area contributed by atoms with Crippen LogP contribution in [0.3, 0.4) is 0 Å². The van der Waals surface area contributed by atoms with Gasteiger partial charge in [0, 0.05) is 10.8 Å². The normalized spacial score (nSPS) is 13.7. The van der Waals surface area contributed by atoms with Crippen LogP contribution in [0.25, 0.3) is 0 Å². The molecule has 0 heterocycles. The van der Waals surface area contributed by atoms with Gasteiger partial charge in [-0.1, -0.05) is 51.1 Å². The van der Waals surface area contributed by atoms with Gasteiger partial charge in [0.2, 0.25) is 0 Å². The van der Waals surface area contributed by atoms with Crippen LogP contribution in [0.1, 0.15) is 26.3 Å². The molecule has 0 aliphatic rings. The van der Waals surface area contributed by atoms with Crippen LogP contribution in [0.15, 0.2) is 64.4 Å². The summed E-state index contributed by atoms with van der Waals surface area (Å²) < 4.78 is 24.9. The topological polar surface area (TPSA) is 34.1 Å². The molecule has 0 saturated carbocycles. The summed E-state index contributed by atoms with van der Waals surface area (Å²) in [5, 5.41) is 0. The zero-order valence-electron chi connectivity index (χ0n) is 13.5. The van der Waals surface area contributed by atoms with E-state index >= 15 is 0 Å². The Kier molecular flexibility index (Phi) is 5.82. The second-order valence-corrected chi connectivity index (χ2v) is 10.3. The predicted molar refractivity (Wildman–Crippen MR) is 99.1 cm³/mol. The molecule has 0 aliphatic heterocycles. The van der Waals surface area contributed by atoms with E-state index in [2.05, 4.69) is 20.8 Å². The predicted octanol–water partition coefficient (Wildman–Crippen LogP) is 5.12. The Hall–Kier alpha value is -0.970. The first-order valence-electron chi connectivity index (χ1n) is 7.37. The third-order valence-corrected chi connectivity index (χ3v) is 8.02. The van der Waals surface area contributed by atoms with Gasteiger partial charge < -0.3 is 0 Å². The third kappa shape index (κ3) is 4.52. The average molecular weight is 369 g/mol. The highest BCUT2D eigenvalue weighted by Crippen LogP contribution is 2.32. The Bertz CT molecular complexity index is 733. The molecular formula is C18H21ClO2S2. The number of alkyl halides is 1. The molecule has 124 valence electrons. The van der Waals surface area contributed by atoms with E-state index in [9.17, 15) is 8.42 Å². The van der Waals surface area contributed by atoms with Crippen molar-refractivity contribution >= 4 is 33.2 Å². The van der Waals surface area contributed by atoms with Crippen molar-refractivity contribution in [3.8, 4) is 0 Å². The number of hydrogen-bond acceptors (Lipinski definition) is 3. The minimum atomic E-state index is -3.48. The minimum Gasteiger partial charge on any atom is -0.222 e. The lowest BCUT2D eigenvalue weighted by atomic mass is 9.87. The van der Waals surface area contributed by atoms with Crippen LogP contribution >= 0.6 is 23.4 Å². The maximum atomic E-state index is 12.8. The molecule has 2 aromatic rings. The van der Waals surface area contributed by atoms with Gasteiger partial charge >= 0.3 is 0 Å². The fourth-order valence-corrected chi connectivity index (χ4v) is 5.65. The van der Waals surface area contributed by atoms with Gasteiger partial charge in [-0.25, -0.2) is 8.42 Å². The van der Waals surface area contributed by atoms with Crippen molar-refractivity contribution in [1.82, 2.24) is 0 Å². The molecule has 1 atom stereocenters. The molecule has 0 N–H and O–H groups in total. The van der Waals surface area contributed by atoms with Crippen molar-refractivity contribution in [1.29, 1.82) is 0 Å².